The summed E-state index contributed by atoms with van der Waals surface area (Å²) in [6, 6.07) is 2.31. The van der Waals surface area contributed by atoms with Crippen LogP contribution in [0.1, 0.15) is 44.0 Å². The summed E-state index contributed by atoms with van der Waals surface area (Å²) in [6.07, 6.45) is 7.26. The number of hydrogen-bond acceptors (Lipinski definition) is 4. The number of rotatable bonds is 1. The standard InChI is InChI=1S/C11H14N4O/c12-7-10-13-8-15(14-10)9-2-5-16-11(6-9)3-1-4-11/h8-9H,1-6H2. The number of ether oxygens (including phenoxy) is 1. The molecule has 2 fully saturated rings. The third kappa shape index (κ3) is 1.50. The fourth-order valence-electron chi connectivity index (χ4n) is 2.65. The smallest absolute Gasteiger partial charge is 0.252 e. The molecule has 2 aliphatic rings. The van der Waals surface area contributed by atoms with E-state index >= 15 is 0 Å². The van der Waals surface area contributed by atoms with E-state index in [0.717, 1.165) is 19.4 Å². The topological polar surface area (TPSA) is 63.7 Å². The summed E-state index contributed by atoms with van der Waals surface area (Å²) in [6.45, 7) is 0.798. The number of nitrogens with zero attached hydrogens (tertiary/aromatic N) is 4. The van der Waals surface area contributed by atoms with Gasteiger partial charge < -0.3 is 4.74 Å². The second-order valence-corrected chi connectivity index (χ2v) is 4.69. The van der Waals surface area contributed by atoms with Crippen molar-refractivity contribution in [1.82, 2.24) is 14.8 Å². The summed E-state index contributed by atoms with van der Waals surface area (Å²) in [7, 11) is 0. The van der Waals surface area contributed by atoms with Gasteiger partial charge in [-0.2, -0.15) is 5.26 Å². The van der Waals surface area contributed by atoms with Crippen LogP contribution < -0.4 is 0 Å². The quantitative estimate of drug-likeness (QED) is 0.715. The minimum absolute atomic E-state index is 0.113. The number of hydrogen-bond donors (Lipinski definition) is 0. The van der Waals surface area contributed by atoms with Crippen molar-refractivity contribution < 1.29 is 4.74 Å². The fourth-order valence-corrected chi connectivity index (χ4v) is 2.65. The van der Waals surface area contributed by atoms with Gasteiger partial charge >= 0.3 is 0 Å². The van der Waals surface area contributed by atoms with Gasteiger partial charge in [0.05, 0.1) is 11.6 Å². The molecule has 1 aromatic heterocycles. The van der Waals surface area contributed by atoms with Crippen LogP contribution >= 0.6 is 0 Å². The second kappa shape index (κ2) is 3.56. The molecule has 0 bridgehead atoms. The Balaban J connectivity index is 1.77. The van der Waals surface area contributed by atoms with Crippen molar-refractivity contribution in [3.05, 3.63) is 12.2 Å². The number of nitriles is 1. The average Bonchev–Trinajstić information content (AvgIpc) is 2.76. The van der Waals surface area contributed by atoms with Crippen LogP contribution in [-0.4, -0.2) is 27.0 Å². The molecular weight excluding hydrogens is 204 g/mol. The van der Waals surface area contributed by atoms with Gasteiger partial charge in [-0.3, -0.25) is 0 Å². The van der Waals surface area contributed by atoms with E-state index in [4.69, 9.17) is 10.00 Å². The molecule has 1 aromatic rings. The first kappa shape index (κ1) is 9.79. The van der Waals surface area contributed by atoms with Gasteiger partial charge in [-0.25, -0.2) is 9.67 Å². The maximum absolute atomic E-state index is 8.70. The Morgan fingerprint density at radius 2 is 2.44 bits per heavy atom. The summed E-state index contributed by atoms with van der Waals surface area (Å²) in [5, 5.41) is 12.9. The molecule has 0 amide bonds. The maximum Gasteiger partial charge on any atom is 0.252 e. The summed E-state index contributed by atoms with van der Waals surface area (Å²) in [4.78, 5) is 3.95. The first-order chi connectivity index (χ1) is 7.81. The highest BCUT2D eigenvalue weighted by atomic mass is 16.5. The fraction of sp³-hybridized carbons (Fsp3) is 0.727. The lowest BCUT2D eigenvalue weighted by Crippen LogP contribution is -2.46. The molecule has 5 heteroatoms. The summed E-state index contributed by atoms with van der Waals surface area (Å²) in [5.41, 5.74) is 0.113. The highest BCUT2D eigenvalue weighted by Crippen LogP contribution is 2.45. The molecule has 0 N–H and O–H groups in total. The van der Waals surface area contributed by atoms with E-state index in [0.29, 0.717) is 6.04 Å². The van der Waals surface area contributed by atoms with Crippen molar-refractivity contribution in [2.45, 2.75) is 43.7 Å². The molecule has 1 saturated heterocycles. The van der Waals surface area contributed by atoms with Crippen LogP contribution in [0.5, 0.6) is 0 Å². The molecule has 0 aromatic carbocycles. The lowest BCUT2D eigenvalue weighted by Gasteiger charge is -2.47. The first-order valence-corrected chi connectivity index (χ1v) is 5.77. The molecule has 0 radical (unpaired) electrons. The van der Waals surface area contributed by atoms with E-state index in [-0.39, 0.29) is 11.4 Å². The van der Waals surface area contributed by atoms with Gasteiger partial charge in [0.1, 0.15) is 12.4 Å². The zero-order valence-corrected chi connectivity index (χ0v) is 9.09. The van der Waals surface area contributed by atoms with Crippen molar-refractivity contribution in [1.29, 1.82) is 5.26 Å². The minimum atomic E-state index is 0.113. The maximum atomic E-state index is 8.70. The molecule has 5 nitrogen and oxygen atoms in total. The van der Waals surface area contributed by atoms with E-state index in [1.54, 1.807) is 6.33 Å². The van der Waals surface area contributed by atoms with E-state index in [9.17, 15) is 0 Å². The minimum Gasteiger partial charge on any atom is -0.375 e. The Bertz CT molecular complexity index is 429. The van der Waals surface area contributed by atoms with Gasteiger partial charge in [0.15, 0.2) is 0 Å². The second-order valence-electron chi connectivity index (χ2n) is 4.69. The van der Waals surface area contributed by atoms with Gasteiger partial charge in [0.25, 0.3) is 5.82 Å². The van der Waals surface area contributed by atoms with Crippen molar-refractivity contribution in [3.8, 4) is 6.07 Å². The van der Waals surface area contributed by atoms with Crippen LogP contribution in [0.25, 0.3) is 0 Å². The Kier molecular flexibility index (Phi) is 2.18. The summed E-state index contributed by atoms with van der Waals surface area (Å²) >= 11 is 0. The highest BCUT2D eigenvalue weighted by molar-refractivity contribution is 5.06. The van der Waals surface area contributed by atoms with E-state index in [1.807, 2.05) is 10.8 Å². The Morgan fingerprint density at radius 3 is 3.06 bits per heavy atom. The average molecular weight is 218 g/mol. The summed E-state index contributed by atoms with van der Waals surface area (Å²) < 4.78 is 7.69. The Hall–Kier alpha value is -1.41. The normalized spacial score (nSPS) is 27.3. The lowest BCUT2D eigenvalue weighted by atomic mass is 9.74. The van der Waals surface area contributed by atoms with Crippen LogP contribution in [0.4, 0.5) is 0 Å². The predicted molar refractivity (Wildman–Crippen MR) is 55.5 cm³/mol. The third-order valence-electron chi connectivity index (χ3n) is 3.71. The van der Waals surface area contributed by atoms with Crippen LogP contribution in [0.3, 0.4) is 0 Å². The highest BCUT2D eigenvalue weighted by Gasteiger charge is 2.43. The molecule has 1 aliphatic heterocycles. The molecular formula is C11H14N4O. The van der Waals surface area contributed by atoms with Crippen molar-refractivity contribution in [2.24, 2.45) is 0 Å². The zero-order valence-electron chi connectivity index (χ0n) is 9.09. The Morgan fingerprint density at radius 1 is 1.56 bits per heavy atom. The van der Waals surface area contributed by atoms with Crippen molar-refractivity contribution in [3.63, 3.8) is 0 Å². The molecule has 1 saturated carbocycles. The third-order valence-corrected chi connectivity index (χ3v) is 3.71. The van der Waals surface area contributed by atoms with Crippen molar-refractivity contribution >= 4 is 0 Å². The Labute approximate surface area is 94.0 Å². The predicted octanol–water partition coefficient (Wildman–Crippen LogP) is 1.42. The molecule has 1 aliphatic carbocycles. The first-order valence-electron chi connectivity index (χ1n) is 5.77. The molecule has 2 heterocycles. The molecule has 1 atom stereocenters. The largest absolute Gasteiger partial charge is 0.375 e. The van der Waals surface area contributed by atoms with E-state index < -0.39 is 0 Å². The van der Waals surface area contributed by atoms with Crippen molar-refractivity contribution in [2.75, 3.05) is 6.61 Å². The van der Waals surface area contributed by atoms with Crippen LogP contribution in [-0.2, 0) is 4.74 Å². The van der Waals surface area contributed by atoms with E-state index in [1.165, 1.54) is 19.3 Å². The SMILES string of the molecule is N#Cc1ncn(C2CCOC3(CCC3)C2)n1. The number of aromatic nitrogens is 3. The molecule has 1 spiro atoms. The van der Waals surface area contributed by atoms with Gasteiger partial charge in [-0.1, -0.05) is 0 Å². The molecule has 1 unspecified atom stereocenters. The van der Waals surface area contributed by atoms with Crippen LogP contribution in [0, 0.1) is 11.3 Å². The van der Waals surface area contributed by atoms with Crippen LogP contribution in [0.15, 0.2) is 6.33 Å². The van der Waals surface area contributed by atoms with Gasteiger partial charge in [0, 0.05) is 6.61 Å². The van der Waals surface area contributed by atoms with E-state index in [2.05, 4.69) is 10.1 Å². The molecule has 84 valence electrons. The van der Waals surface area contributed by atoms with Crippen LogP contribution in [0.2, 0.25) is 0 Å². The lowest BCUT2D eigenvalue weighted by molar-refractivity contribution is -0.141. The van der Waals surface area contributed by atoms with Gasteiger partial charge in [-0.05, 0) is 32.1 Å². The molecule has 3 rings (SSSR count). The summed E-state index contributed by atoms with van der Waals surface area (Å²) in [5.74, 6) is 0.258. The van der Waals surface area contributed by atoms with Gasteiger partial charge in [0.2, 0.25) is 0 Å². The zero-order chi connectivity index (χ0) is 11.0. The monoisotopic (exact) mass is 218 g/mol. The molecule has 16 heavy (non-hydrogen) atoms. The van der Waals surface area contributed by atoms with Gasteiger partial charge in [-0.15, -0.1) is 5.10 Å².